The maximum atomic E-state index is 11.9. The molecule has 0 spiro atoms. The molecule has 1 amide bonds. The monoisotopic (exact) mass is 239 g/mol. The number of hydrogen-bond acceptors (Lipinski definition) is 3. The van der Waals surface area contributed by atoms with Crippen LogP contribution >= 0.6 is 11.6 Å². The second-order valence-corrected chi connectivity index (χ2v) is 4.34. The molecule has 1 aliphatic heterocycles. The first-order chi connectivity index (χ1) is 7.59. The summed E-state index contributed by atoms with van der Waals surface area (Å²) < 4.78 is 0. The van der Waals surface area contributed by atoms with Gasteiger partial charge in [-0.3, -0.25) is 9.69 Å². The lowest BCUT2D eigenvalue weighted by molar-refractivity contribution is -0.120. The Hall–Kier alpha value is -1.26. The van der Waals surface area contributed by atoms with Crippen molar-refractivity contribution in [1.82, 2.24) is 4.90 Å². The molecule has 1 saturated heterocycles. The van der Waals surface area contributed by atoms with Crippen LogP contribution in [0.15, 0.2) is 18.2 Å². The van der Waals surface area contributed by atoms with Crippen LogP contribution in [0, 0.1) is 0 Å². The quantitative estimate of drug-likeness (QED) is 0.750. The lowest BCUT2D eigenvalue weighted by Crippen LogP contribution is -2.49. The zero-order valence-corrected chi connectivity index (χ0v) is 9.87. The molecular weight excluding hydrogens is 226 g/mol. The van der Waals surface area contributed by atoms with Crippen LogP contribution in [0.1, 0.15) is 0 Å². The Kier molecular flexibility index (Phi) is 3.03. The van der Waals surface area contributed by atoms with Gasteiger partial charge in [0, 0.05) is 13.1 Å². The first kappa shape index (κ1) is 11.2. The van der Waals surface area contributed by atoms with Crippen LogP contribution in [0.3, 0.4) is 0 Å². The molecule has 1 aliphatic rings. The maximum Gasteiger partial charge on any atom is 0.241 e. The SMILES string of the molecule is CN1CCN(c2cccc(N)c2Cl)C(=O)C1. The summed E-state index contributed by atoms with van der Waals surface area (Å²) in [6.07, 6.45) is 0. The predicted molar refractivity (Wildman–Crippen MR) is 65.7 cm³/mol. The summed E-state index contributed by atoms with van der Waals surface area (Å²) in [5, 5.41) is 0.459. The van der Waals surface area contributed by atoms with Gasteiger partial charge in [0.05, 0.1) is 22.9 Å². The number of amides is 1. The Morgan fingerprint density at radius 3 is 2.81 bits per heavy atom. The van der Waals surface area contributed by atoms with Crippen LogP contribution < -0.4 is 10.6 Å². The minimum absolute atomic E-state index is 0.0567. The van der Waals surface area contributed by atoms with E-state index in [1.807, 2.05) is 24.1 Å². The van der Waals surface area contributed by atoms with Crippen molar-refractivity contribution in [2.24, 2.45) is 0 Å². The molecule has 4 nitrogen and oxygen atoms in total. The molecule has 1 fully saturated rings. The van der Waals surface area contributed by atoms with Gasteiger partial charge in [0.1, 0.15) is 0 Å². The van der Waals surface area contributed by atoms with Crippen molar-refractivity contribution in [2.75, 3.05) is 37.3 Å². The fraction of sp³-hybridized carbons (Fsp3) is 0.364. The molecule has 1 aromatic rings. The Balaban J connectivity index is 2.30. The van der Waals surface area contributed by atoms with Crippen LogP contribution in [0.2, 0.25) is 5.02 Å². The van der Waals surface area contributed by atoms with Crippen molar-refractivity contribution in [2.45, 2.75) is 0 Å². The van der Waals surface area contributed by atoms with E-state index >= 15 is 0 Å². The second kappa shape index (κ2) is 4.31. The van der Waals surface area contributed by atoms with E-state index in [4.69, 9.17) is 17.3 Å². The minimum atomic E-state index is 0.0567. The standard InChI is InChI=1S/C11H14ClN3O/c1-14-5-6-15(10(16)7-14)9-4-2-3-8(13)11(9)12/h2-4H,5-7,13H2,1H3. The number of nitrogens with two attached hydrogens (primary N) is 1. The van der Waals surface area contributed by atoms with Crippen LogP contribution in [-0.4, -0.2) is 37.5 Å². The maximum absolute atomic E-state index is 11.9. The van der Waals surface area contributed by atoms with Crippen molar-refractivity contribution in [3.63, 3.8) is 0 Å². The lowest BCUT2D eigenvalue weighted by Gasteiger charge is -2.32. The summed E-state index contributed by atoms with van der Waals surface area (Å²) in [6, 6.07) is 5.36. The van der Waals surface area contributed by atoms with Crippen molar-refractivity contribution in [3.8, 4) is 0 Å². The Morgan fingerprint density at radius 2 is 2.12 bits per heavy atom. The molecule has 0 atom stereocenters. The van der Waals surface area contributed by atoms with E-state index in [1.165, 1.54) is 0 Å². The second-order valence-electron chi connectivity index (χ2n) is 3.96. The van der Waals surface area contributed by atoms with Gasteiger partial charge in [0.15, 0.2) is 0 Å². The zero-order valence-electron chi connectivity index (χ0n) is 9.11. The molecule has 2 N–H and O–H groups in total. The first-order valence-electron chi connectivity index (χ1n) is 5.12. The molecule has 1 heterocycles. The van der Waals surface area contributed by atoms with Crippen molar-refractivity contribution < 1.29 is 4.79 Å². The highest BCUT2D eigenvalue weighted by atomic mass is 35.5. The summed E-state index contributed by atoms with van der Waals surface area (Å²) in [7, 11) is 1.93. The first-order valence-corrected chi connectivity index (χ1v) is 5.50. The molecule has 0 bridgehead atoms. The highest BCUT2D eigenvalue weighted by Gasteiger charge is 2.24. The smallest absolute Gasteiger partial charge is 0.241 e. The molecule has 1 aromatic carbocycles. The van der Waals surface area contributed by atoms with E-state index in [9.17, 15) is 4.79 Å². The number of nitrogen functional groups attached to an aromatic ring is 1. The number of nitrogens with zero attached hydrogens (tertiary/aromatic N) is 2. The van der Waals surface area contributed by atoms with Crippen molar-refractivity contribution in [3.05, 3.63) is 23.2 Å². The molecule has 0 unspecified atom stereocenters. The average Bonchev–Trinajstić information content (AvgIpc) is 2.23. The van der Waals surface area contributed by atoms with Crippen molar-refractivity contribution >= 4 is 28.9 Å². The number of piperazine rings is 1. The Morgan fingerprint density at radius 1 is 1.38 bits per heavy atom. The lowest BCUT2D eigenvalue weighted by atomic mass is 10.2. The molecule has 0 aromatic heterocycles. The van der Waals surface area contributed by atoms with E-state index in [-0.39, 0.29) is 5.91 Å². The van der Waals surface area contributed by atoms with Gasteiger partial charge in [-0.15, -0.1) is 0 Å². The Bertz CT molecular complexity index is 422. The van der Waals surface area contributed by atoms with Gasteiger partial charge in [-0.25, -0.2) is 0 Å². The summed E-state index contributed by atoms with van der Waals surface area (Å²) >= 11 is 6.10. The molecule has 0 aliphatic carbocycles. The van der Waals surface area contributed by atoms with Gasteiger partial charge >= 0.3 is 0 Å². The largest absolute Gasteiger partial charge is 0.397 e. The van der Waals surface area contributed by atoms with E-state index in [0.717, 1.165) is 6.54 Å². The number of hydrogen-bond donors (Lipinski definition) is 1. The molecule has 86 valence electrons. The van der Waals surface area contributed by atoms with Gasteiger partial charge in [-0.1, -0.05) is 17.7 Å². The third-order valence-electron chi connectivity index (χ3n) is 2.71. The number of benzene rings is 1. The fourth-order valence-electron chi connectivity index (χ4n) is 1.79. The number of carbonyl (C=O) groups excluding carboxylic acids is 1. The number of anilines is 2. The van der Waals surface area contributed by atoms with Crippen LogP contribution in [0.5, 0.6) is 0 Å². The van der Waals surface area contributed by atoms with Gasteiger partial charge in [0.2, 0.25) is 5.91 Å². The number of halogens is 1. The normalized spacial score (nSPS) is 17.9. The highest BCUT2D eigenvalue weighted by Crippen LogP contribution is 2.31. The fourth-order valence-corrected chi connectivity index (χ4v) is 2.02. The van der Waals surface area contributed by atoms with E-state index in [2.05, 4.69) is 0 Å². The van der Waals surface area contributed by atoms with Gasteiger partial charge in [-0.05, 0) is 19.2 Å². The molecule has 2 rings (SSSR count). The average molecular weight is 240 g/mol. The van der Waals surface area contributed by atoms with E-state index in [1.54, 1.807) is 11.0 Å². The Labute approximate surface area is 99.6 Å². The zero-order chi connectivity index (χ0) is 11.7. The van der Waals surface area contributed by atoms with Gasteiger partial charge in [-0.2, -0.15) is 0 Å². The minimum Gasteiger partial charge on any atom is -0.397 e. The molecular formula is C11H14ClN3O. The molecule has 0 saturated carbocycles. The van der Waals surface area contributed by atoms with Crippen LogP contribution in [0.4, 0.5) is 11.4 Å². The number of carbonyl (C=O) groups is 1. The third kappa shape index (κ3) is 1.99. The van der Waals surface area contributed by atoms with E-state index < -0.39 is 0 Å². The summed E-state index contributed by atoms with van der Waals surface area (Å²) in [5.74, 6) is 0.0567. The molecule has 16 heavy (non-hydrogen) atoms. The molecule has 5 heteroatoms. The number of likely N-dealkylation sites (N-methyl/N-ethyl adjacent to an activating group) is 1. The summed E-state index contributed by atoms with van der Waals surface area (Å²) in [5.41, 5.74) is 6.93. The van der Waals surface area contributed by atoms with Crippen LogP contribution in [-0.2, 0) is 4.79 Å². The number of rotatable bonds is 1. The summed E-state index contributed by atoms with van der Waals surface area (Å²) in [6.45, 7) is 1.92. The van der Waals surface area contributed by atoms with Gasteiger partial charge in [0.25, 0.3) is 0 Å². The highest BCUT2D eigenvalue weighted by molar-refractivity contribution is 6.36. The van der Waals surface area contributed by atoms with Crippen molar-refractivity contribution in [1.29, 1.82) is 0 Å². The topological polar surface area (TPSA) is 49.6 Å². The van der Waals surface area contributed by atoms with E-state index in [0.29, 0.717) is 29.5 Å². The van der Waals surface area contributed by atoms with Crippen LogP contribution in [0.25, 0.3) is 0 Å². The molecule has 0 radical (unpaired) electrons. The predicted octanol–water partition coefficient (Wildman–Crippen LogP) is 1.20. The summed E-state index contributed by atoms with van der Waals surface area (Å²) in [4.78, 5) is 15.5. The van der Waals surface area contributed by atoms with Gasteiger partial charge < -0.3 is 10.6 Å². The third-order valence-corrected chi connectivity index (χ3v) is 3.12.